The second-order valence-corrected chi connectivity index (χ2v) is 10.5. The molecule has 3 rings (SSSR count). The molecule has 0 spiro atoms. The van der Waals surface area contributed by atoms with Crippen LogP contribution < -0.4 is 14.2 Å². The highest BCUT2D eigenvalue weighted by Gasteiger charge is 2.35. The summed E-state index contributed by atoms with van der Waals surface area (Å²) in [7, 11) is -8.58. The molecule has 31 heavy (non-hydrogen) atoms. The Bertz CT molecular complexity index is 1110. The van der Waals surface area contributed by atoms with Gasteiger partial charge in [-0.05, 0) is 36.8 Å². The molecule has 1 atom stereocenters. The molecule has 11 heteroatoms. The van der Waals surface area contributed by atoms with Crippen LogP contribution in [0.5, 0.6) is 11.5 Å². The van der Waals surface area contributed by atoms with Crippen molar-refractivity contribution in [2.24, 2.45) is 0 Å². The lowest BCUT2D eigenvalue weighted by Crippen LogP contribution is -2.43. The van der Waals surface area contributed by atoms with Gasteiger partial charge in [0.2, 0.25) is 9.84 Å². The highest BCUT2D eigenvalue weighted by Crippen LogP contribution is 2.30. The maximum Gasteiger partial charge on any atom is 0.340 e. The van der Waals surface area contributed by atoms with Crippen molar-refractivity contribution in [2.45, 2.75) is 28.6 Å². The third-order valence-corrected chi connectivity index (χ3v) is 7.85. The summed E-state index contributed by atoms with van der Waals surface area (Å²) < 4.78 is 68.1. The van der Waals surface area contributed by atoms with Crippen LogP contribution >= 0.6 is 0 Å². The van der Waals surface area contributed by atoms with Crippen LogP contribution in [0.1, 0.15) is 12.0 Å². The molecule has 1 heterocycles. The van der Waals surface area contributed by atoms with E-state index in [1.54, 1.807) is 13.0 Å². The smallest absolute Gasteiger partial charge is 0.340 e. The summed E-state index contributed by atoms with van der Waals surface area (Å²) in [6, 6.07) is 9.80. The van der Waals surface area contributed by atoms with Gasteiger partial charge in [0.05, 0.1) is 24.7 Å². The summed E-state index contributed by atoms with van der Waals surface area (Å²) in [6.45, 7) is 2.41. The first-order chi connectivity index (χ1) is 14.7. The molecule has 0 bridgehead atoms. The molecule has 0 amide bonds. The molecule has 1 unspecified atom stereocenters. The molecular weight excluding hydrogens is 446 g/mol. The van der Waals surface area contributed by atoms with Crippen LogP contribution in [-0.2, 0) is 29.8 Å². The Morgan fingerprint density at radius 3 is 2.45 bits per heavy atom. The number of morpholine rings is 1. The number of ether oxygens (including phenoxy) is 2. The van der Waals surface area contributed by atoms with Crippen molar-refractivity contribution >= 4 is 20.0 Å². The molecule has 1 saturated heterocycles. The number of rotatable bonds is 9. The van der Waals surface area contributed by atoms with Crippen LogP contribution in [0, 0.1) is 6.92 Å². The normalized spacial score (nSPS) is 17.3. The van der Waals surface area contributed by atoms with Crippen LogP contribution in [0.15, 0.2) is 52.3 Å². The summed E-state index contributed by atoms with van der Waals surface area (Å²) in [5.74, 6) is 0.321. The number of aryl methyl sites for hydroxylation is 1. The van der Waals surface area contributed by atoms with E-state index >= 15 is 0 Å². The van der Waals surface area contributed by atoms with E-state index in [9.17, 15) is 21.9 Å². The fourth-order valence-electron chi connectivity index (χ4n) is 3.04. The van der Waals surface area contributed by atoms with Gasteiger partial charge in [-0.2, -0.15) is 8.42 Å². The third-order valence-electron chi connectivity index (χ3n) is 4.45. The van der Waals surface area contributed by atoms with Gasteiger partial charge in [0.15, 0.2) is 5.44 Å². The zero-order chi connectivity index (χ0) is 22.5. The zero-order valence-electron chi connectivity index (χ0n) is 16.9. The Morgan fingerprint density at radius 1 is 1.06 bits per heavy atom. The van der Waals surface area contributed by atoms with Gasteiger partial charge in [-0.15, -0.1) is 0 Å². The number of hydrogen-bond donors (Lipinski definition) is 1. The van der Waals surface area contributed by atoms with E-state index in [1.165, 1.54) is 36.4 Å². The van der Waals surface area contributed by atoms with Gasteiger partial charge in [0.25, 0.3) is 0 Å². The molecule has 2 aromatic rings. The number of benzene rings is 2. The summed E-state index contributed by atoms with van der Waals surface area (Å²) in [6.07, 6.45) is 0.311. The van der Waals surface area contributed by atoms with Gasteiger partial charge in [-0.1, -0.05) is 12.1 Å². The summed E-state index contributed by atoms with van der Waals surface area (Å²) in [4.78, 5) is -0.859. The van der Waals surface area contributed by atoms with Crippen LogP contribution in [-0.4, -0.2) is 55.2 Å². The molecule has 1 aliphatic heterocycles. The largest absolute Gasteiger partial charge is 0.493 e. The second kappa shape index (κ2) is 9.96. The average molecular weight is 471 g/mol. The van der Waals surface area contributed by atoms with E-state index in [4.69, 9.17) is 13.7 Å². The van der Waals surface area contributed by atoms with Crippen LogP contribution in [0.2, 0.25) is 0 Å². The Kier molecular flexibility index (Phi) is 7.55. The lowest BCUT2D eigenvalue weighted by molar-refractivity contribution is 0.0784. The van der Waals surface area contributed by atoms with E-state index in [-0.39, 0.29) is 37.0 Å². The van der Waals surface area contributed by atoms with Gasteiger partial charge in [0, 0.05) is 25.6 Å². The summed E-state index contributed by atoms with van der Waals surface area (Å²) >= 11 is 0. The number of nitrogens with one attached hydrogen (secondary N) is 1. The molecular formula is C20H24NO8S2. The zero-order valence-corrected chi connectivity index (χ0v) is 18.6. The molecule has 169 valence electrons. The second-order valence-electron chi connectivity index (χ2n) is 6.92. The highest BCUT2D eigenvalue weighted by atomic mass is 32.2. The first kappa shape index (κ1) is 23.5. The quantitative estimate of drug-likeness (QED) is 0.433. The topological polar surface area (TPSA) is 128 Å². The molecule has 1 fully saturated rings. The molecule has 0 aromatic heterocycles. The average Bonchev–Trinajstić information content (AvgIpc) is 2.74. The van der Waals surface area contributed by atoms with Crippen LogP contribution in [0.25, 0.3) is 0 Å². The number of hydrogen-bond acceptors (Lipinski definition) is 8. The monoisotopic (exact) mass is 470 g/mol. The fraction of sp³-hybridized carbons (Fsp3) is 0.400. The SMILES string of the molecule is Cc1cc(OCCC[O])cc(OS(=O)(=O)c2ccccc2S(=O)(=O)C2CNCCO2)c1. The maximum atomic E-state index is 13.0. The molecule has 1 aliphatic rings. The number of sulfone groups is 1. The van der Waals surface area contributed by atoms with Crippen molar-refractivity contribution in [3.63, 3.8) is 0 Å². The summed E-state index contributed by atoms with van der Waals surface area (Å²) in [5, 5.41) is 13.5. The molecule has 0 saturated carbocycles. The Balaban J connectivity index is 1.92. The van der Waals surface area contributed by atoms with Gasteiger partial charge in [-0.3, -0.25) is 0 Å². The van der Waals surface area contributed by atoms with E-state index in [2.05, 4.69) is 5.32 Å². The van der Waals surface area contributed by atoms with Gasteiger partial charge in [-0.25, -0.2) is 13.5 Å². The molecule has 1 N–H and O–H groups in total. The fourth-order valence-corrected chi connectivity index (χ4v) is 6.21. The molecule has 2 aromatic carbocycles. The lowest BCUT2D eigenvalue weighted by atomic mass is 10.2. The molecule has 1 radical (unpaired) electrons. The minimum Gasteiger partial charge on any atom is -0.493 e. The Morgan fingerprint density at radius 2 is 1.77 bits per heavy atom. The van der Waals surface area contributed by atoms with Crippen molar-refractivity contribution in [3.8, 4) is 11.5 Å². The molecule has 9 nitrogen and oxygen atoms in total. The van der Waals surface area contributed by atoms with Crippen molar-refractivity contribution in [1.82, 2.24) is 5.32 Å². The predicted molar refractivity (Wildman–Crippen MR) is 111 cm³/mol. The Hall–Kier alpha value is -2.18. The predicted octanol–water partition coefficient (Wildman–Crippen LogP) is 1.68. The Labute approximate surface area is 182 Å². The third kappa shape index (κ3) is 5.74. The van der Waals surface area contributed by atoms with Crippen molar-refractivity contribution < 1.29 is 35.6 Å². The van der Waals surface area contributed by atoms with E-state index in [1.807, 2.05) is 0 Å². The van der Waals surface area contributed by atoms with Crippen LogP contribution in [0.3, 0.4) is 0 Å². The standard InChI is InChI=1S/C20H24NO8S2/c1-15-11-16(27-9-4-8-22)13-17(12-15)29-31(25,26)19-6-3-2-5-18(19)30(23,24)20-14-21-7-10-28-20/h2-3,5-6,11-13,20-21H,4,7-10,14H2,1H3. The minimum absolute atomic E-state index is 0.0279. The lowest BCUT2D eigenvalue weighted by Gasteiger charge is -2.24. The van der Waals surface area contributed by atoms with Crippen molar-refractivity contribution in [2.75, 3.05) is 32.9 Å². The van der Waals surface area contributed by atoms with Crippen molar-refractivity contribution in [1.29, 1.82) is 0 Å². The van der Waals surface area contributed by atoms with Gasteiger partial charge >= 0.3 is 10.1 Å². The van der Waals surface area contributed by atoms with E-state index in [0.717, 1.165) is 0 Å². The van der Waals surface area contributed by atoms with Crippen LogP contribution in [0.4, 0.5) is 0 Å². The van der Waals surface area contributed by atoms with Crippen molar-refractivity contribution in [3.05, 3.63) is 48.0 Å². The van der Waals surface area contributed by atoms with Gasteiger partial charge < -0.3 is 19.0 Å². The minimum atomic E-state index is -4.49. The summed E-state index contributed by atoms with van der Waals surface area (Å²) in [5.41, 5.74) is -0.523. The first-order valence-electron chi connectivity index (χ1n) is 9.66. The highest BCUT2D eigenvalue weighted by molar-refractivity contribution is 7.93. The van der Waals surface area contributed by atoms with E-state index in [0.29, 0.717) is 24.3 Å². The van der Waals surface area contributed by atoms with Gasteiger partial charge in [0.1, 0.15) is 16.4 Å². The maximum absolute atomic E-state index is 13.0. The van der Waals surface area contributed by atoms with E-state index < -0.39 is 30.3 Å². The first-order valence-corrected chi connectivity index (χ1v) is 12.6. The molecule has 0 aliphatic carbocycles.